The molecule has 138 valence electrons. The van der Waals surface area contributed by atoms with Gasteiger partial charge in [0.15, 0.2) is 11.6 Å². The summed E-state index contributed by atoms with van der Waals surface area (Å²) in [4.78, 5) is 50.6. The number of anilines is 1. The molecule has 0 fully saturated rings. The maximum absolute atomic E-state index is 13.0. The molecule has 1 amide bonds. The molecule has 2 aromatic carbocycles. The molecule has 0 aromatic heterocycles. The largest absolute Gasteiger partial charge is 0.325 e. The average Bonchev–Trinajstić information content (AvgIpc) is 2.64. The highest BCUT2D eigenvalue weighted by atomic mass is 35.5. The van der Waals surface area contributed by atoms with Crippen LogP contribution < -0.4 is 5.32 Å². The minimum absolute atomic E-state index is 0.193. The smallest absolute Gasteiger partial charge is 0.235 e. The van der Waals surface area contributed by atoms with Crippen molar-refractivity contribution in [1.29, 1.82) is 0 Å². The first-order valence-electron chi connectivity index (χ1n) is 8.50. The lowest BCUT2D eigenvalue weighted by Gasteiger charge is -2.31. The summed E-state index contributed by atoms with van der Waals surface area (Å²) in [7, 11) is 0. The zero-order chi connectivity index (χ0) is 19.7. The van der Waals surface area contributed by atoms with Gasteiger partial charge in [0.2, 0.25) is 5.91 Å². The second-order valence-electron chi connectivity index (χ2n) is 6.65. The summed E-state index contributed by atoms with van der Waals surface area (Å²) in [6, 6.07) is 13.3. The van der Waals surface area contributed by atoms with Gasteiger partial charge in [-0.1, -0.05) is 42.0 Å². The van der Waals surface area contributed by atoms with E-state index in [1.165, 1.54) is 19.1 Å². The molecule has 6 heteroatoms. The van der Waals surface area contributed by atoms with Crippen LogP contribution in [0.4, 0.5) is 5.69 Å². The SMILES string of the molecule is CC(=O)[C@@H](C(=O)Nc1ccc(C)cc1)[C@@H]1C(=O)c2ccccc2C(=O)[C@H]1Cl. The molecule has 0 spiro atoms. The van der Waals surface area contributed by atoms with Gasteiger partial charge in [0.1, 0.15) is 17.1 Å². The van der Waals surface area contributed by atoms with Gasteiger partial charge in [0.25, 0.3) is 0 Å². The molecule has 3 atom stereocenters. The van der Waals surface area contributed by atoms with Crippen molar-refractivity contribution in [3.8, 4) is 0 Å². The number of carbonyl (C=O) groups excluding carboxylic acids is 4. The minimum atomic E-state index is -1.35. The van der Waals surface area contributed by atoms with Crippen molar-refractivity contribution in [2.24, 2.45) is 11.8 Å². The fourth-order valence-corrected chi connectivity index (χ4v) is 3.69. The van der Waals surface area contributed by atoms with Crippen LogP contribution in [0.25, 0.3) is 0 Å². The van der Waals surface area contributed by atoms with E-state index >= 15 is 0 Å². The molecule has 0 saturated carbocycles. The van der Waals surface area contributed by atoms with E-state index in [1.807, 2.05) is 19.1 Å². The molecule has 0 radical (unpaired) electrons. The lowest BCUT2D eigenvalue weighted by atomic mass is 9.73. The molecule has 0 heterocycles. The maximum Gasteiger partial charge on any atom is 0.235 e. The highest BCUT2D eigenvalue weighted by molar-refractivity contribution is 6.39. The third-order valence-corrected chi connectivity index (χ3v) is 5.19. The van der Waals surface area contributed by atoms with Gasteiger partial charge in [0, 0.05) is 16.8 Å². The van der Waals surface area contributed by atoms with Gasteiger partial charge in [0.05, 0.1) is 5.92 Å². The Bertz CT molecular complexity index is 935. The summed E-state index contributed by atoms with van der Waals surface area (Å²) >= 11 is 6.26. The number of hydrogen-bond acceptors (Lipinski definition) is 4. The standard InChI is InChI=1S/C21H18ClNO4/c1-11-7-9-13(10-8-11)23-21(27)16(12(2)24)17-18(22)20(26)15-6-4-3-5-14(15)19(17)25/h3-10,16-18H,1-2H3,(H,23,27)/t16-,17+,18+/m1/s1. The van der Waals surface area contributed by atoms with E-state index in [1.54, 1.807) is 24.3 Å². The highest BCUT2D eigenvalue weighted by Gasteiger charge is 2.48. The number of ketones is 3. The number of Topliss-reactive ketones (excluding diaryl/α,β-unsaturated/α-hetero) is 3. The fraction of sp³-hybridized carbons (Fsp3) is 0.238. The van der Waals surface area contributed by atoms with Crippen molar-refractivity contribution in [2.75, 3.05) is 5.32 Å². The molecule has 3 rings (SSSR count). The van der Waals surface area contributed by atoms with Crippen LogP contribution in [0.1, 0.15) is 33.2 Å². The van der Waals surface area contributed by atoms with Crippen LogP contribution in [0, 0.1) is 18.8 Å². The van der Waals surface area contributed by atoms with Gasteiger partial charge < -0.3 is 5.32 Å². The Morgan fingerprint density at radius 2 is 1.52 bits per heavy atom. The first-order chi connectivity index (χ1) is 12.8. The van der Waals surface area contributed by atoms with Crippen LogP contribution >= 0.6 is 11.6 Å². The van der Waals surface area contributed by atoms with Gasteiger partial charge in [-0.05, 0) is 26.0 Å². The number of benzene rings is 2. The summed E-state index contributed by atoms with van der Waals surface area (Å²) < 4.78 is 0. The van der Waals surface area contributed by atoms with Crippen LogP contribution in [0.15, 0.2) is 48.5 Å². The molecule has 2 aromatic rings. The lowest BCUT2D eigenvalue weighted by Crippen LogP contribution is -2.48. The molecule has 1 N–H and O–H groups in total. The fourth-order valence-electron chi connectivity index (χ4n) is 3.31. The molecular weight excluding hydrogens is 366 g/mol. The van der Waals surface area contributed by atoms with Gasteiger partial charge in [-0.15, -0.1) is 11.6 Å². The van der Waals surface area contributed by atoms with Gasteiger partial charge >= 0.3 is 0 Å². The Labute approximate surface area is 161 Å². The first-order valence-corrected chi connectivity index (χ1v) is 8.94. The third kappa shape index (κ3) is 3.55. The minimum Gasteiger partial charge on any atom is -0.325 e. The summed E-state index contributed by atoms with van der Waals surface area (Å²) in [6.07, 6.45) is 0. The molecule has 1 aliphatic rings. The number of halogens is 1. The Morgan fingerprint density at radius 1 is 0.963 bits per heavy atom. The molecule has 5 nitrogen and oxygen atoms in total. The summed E-state index contributed by atoms with van der Waals surface area (Å²) in [6.45, 7) is 3.13. The summed E-state index contributed by atoms with van der Waals surface area (Å²) in [5.41, 5.74) is 1.93. The monoisotopic (exact) mass is 383 g/mol. The van der Waals surface area contributed by atoms with Crippen LogP contribution in [-0.4, -0.2) is 28.6 Å². The number of alkyl halides is 1. The zero-order valence-corrected chi connectivity index (χ0v) is 15.6. The number of hydrogen-bond donors (Lipinski definition) is 1. The zero-order valence-electron chi connectivity index (χ0n) is 14.9. The lowest BCUT2D eigenvalue weighted by molar-refractivity contribution is -0.131. The summed E-state index contributed by atoms with van der Waals surface area (Å²) in [5.74, 6) is -4.68. The van der Waals surface area contributed by atoms with Gasteiger partial charge in [-0.25, -0.2) is 0 Å². The average molecular weight is 384 g/mol. The highest BCUT2D eigenvalue weighted by Crippen LogP contribution is 2.35. The van der Waals surface area contributed by atoms with E-state index in [4.69, 9.17) is 11.6 Å². The first kappa shape index (κ1) is 19.0. The van der Waals surface area contributed by atoms with Crippen molar-refractivity contribution < 1.29 is 19.2 Å². The Balaban J connectivity index is 1.96. The number of nitrogens with one attached hydrogen (secondary N) is 1. The molecule has 0 bridgehead atoms. The maximum atomic E-state index is 13.0. The third-order valence-electron chi connectivity index (χ3n) is 4.73. The predicted octanol–water partition coefficient (Wildman–Crippen LogP) is 3.44. The molecule has 27 heavy (non-hydrogen) atoms. The van der Waals surface area contributed by atoms with Crippen molar-refractivity contribution in [2.45, 2.75) is 19.2 Å². The van der Waals surface area contributed by atoms with E-state index in [0.29, 0.717) is 5.69 Å². The Hall–Kier alpha value is -2.79. The number of fused-ring (bicyclic) bond motifs is 1. The second kappa shape index (κ2) is 7.45. The van der Waals surface area contributed by atoms with E-state index < -0.39 is 40.5 Å². The van der Waals surface area contributed by atoms with Crippen LogP contribution in [0.3, 0.4) is 0 Å². The molecule has 0 unspecified atom stereocenters. The molecular formula is C21H18ClNO4. The molecule has 1 aliphatic carbocycles. The summed E-state index contributed by atoms with van der Waals surface area (Å²) in [5, 5.41) is 1.37. The van der Waals surface area contributed by atoms with Crippen molar-refractivity contribution in [1.82, 2.24) is 0 Å². The molecule has 0 saturated heterocycles. The normalized spacial score (nSPS) is 20.0. The van der Waals surface area contributed by atoms with E-state index in [9.17, 15) is 19.2 Å². The van der Waals surface area contributed by atoms with E-state index in [-0.39, 0.29) is 11.1 Å². The number of carbonyl (C=O) groups is 4. The van der Waals surface area contributed by atoms with Gasteiger partial charge in [-0.3, -0.25) is 19.2 Å². The second-order valence-corrected chi connectivity index (χ2v) is 7.12. The van der Waals surface area contributed by atoms with Gasteiger partial charge in [-0.2, -0.15) is 0 Å². The molecule has 0 aliphatic heterocycles. The predicted molar refractivity (Wildman–Crippen MR) is 102 cm³/mol. The van der Waals surface area contributed by atoms with E-state index in [0.717, 1.165) is 5.56 Å². The van der Waals surface area contributed by atoms with Crippen molar-refractivity contribution in [3.63, 3.8) is 0 Å². The Morgan fingerprint density at radius 3 is 2.07 bits per heavy atom. The van der Waals surface area contributed by atoms with Crippen LogP contribution in [0.5, 0.6) is 0 Å². The van der Waals surface area contributed by atoms with E-state index in [2.05, 4.69) is 5.32 Å². The van der Waals surface area contributed by atoms with Crippen molar-refractivity contribution >= 4 is 40.5 Å². The Kier molecular flexibility index (Phi) is 5.24. The van der Waals surface area contributed by atoms with Crippen molar-refractivity contribution in [3.05, 3.63) is 65.2 Å². The number of rotatable bonds is 4. The van der Waals surface area contributed by atoms with Crippen LogP contribution in [-0.2, 0) is 9.59 Å². The topological polar surface area (TPSA) is 80.3 Å². The number of aryl methyl sites for hydroxylation is 1. The quantitative estimate of drug-likeness (QED) is 0.647. The number of amides is 1. The van der Waals surface area contributed by atoms with Crippen LogP contribution in [0.2, 0.25) is 0 Å².